The molecule has 0 aromatic heterocycles. The van der Waals surface area contributed by atoms with E-state index in [2.05, 4.69) is 33.2 Å². The molecular formula is C14H8Cl3IN2OS. The molecule has 0 bridgehead atoms. The number of benzene rings is 2. The Labute approximate surface area is 161 Å². The van der Waals surface area contributed by atoms with Crippen molar-refractivity contribution in [2.75, 3.05) is 5.32 Å². The molecule has 2 aromatic rings. The number of nitrogens with one attached hydrogen (secondary N) is 2. The molecule has 0 radical (unpaired) electrons. The van der Waals surface area contributed by atoms with Crippen LogP contribution >= 0.6 is 69.6 Å². The molecule has 0 saturated heterocycles. The van der Waals surface area contributed by atoms with Gasteiger partial charge in [-0.25, -0.2) is 0 Å². The van der Waals surface area contributed by atoms with Gasteiger partial charge in [-0.2, -0.15) is 0 Å². The fraction of sp³-hybridized carbons (Fsp3) is 0. The summed E-state index contributed by atoms with van der Waals surface area (Å²) in [5.74, 6) is -0.313. The molecule has 114 valence electrons. The second-order valence-electron chi connectivity index (χ2n) is 4.16. The number of amides is 1. The summed E-state index contributed by atoms with van der Waals surface area (Å²) in [6.45, 7) is 0. The van der Waals surface area contributed by atoms with E-state index in [9.17, 15) is 4.79 Å². The van der Waals surface area contributed by atoms with Crippen LogP contribution in [0.15, 0.2) is 36.4 Å². The molecule has 0 aliphatic heterocycles. The fourth-order valence-corrected chi connectivity index (χ4v) is 2.92. The van der Waals surface area contributed by atoms with Crippen molar-refractivity contribution in [3.05, 3.63) is 60.6 Å². The first-order valence-electron chi connectivity index (χ1n) is 5.89. The van der Waals surface area contributed by atoms with Crippen molar-refractivity contribution >= 4 is 86.3 Å². The normalized spacial score (nSPS) is 10.2. The molecule has 2 aromatic carbocycles. The first-order chi connectivity index (χ1) is 10.4. The third-order valence-corrected chi connectivity index (χ3v) is 4.48. The Balaban J connectivity index is 2.07. The molecule has 0 atom stereocenters. The highest BCUT2D eigenvalue weighted by Crippen LogP contribution is 2.32. The van der Waals surface area contributed by atoms with Gasteiger partial charge >= 0.3 is 0 Å². The maximum absolute atomic E-state index is 12.1. The summed E-state index contributed by atoms with van der Waals surface area (Å²) >= 11 is 25.1. The molecule has 0 aliphatic rings. The molecular weight excluding hydrogens is 477 g/mol. The topological polar surface area (TPSA) is 41.1 Å². The van der Waals surface area contributed by atoms with Gasteiger partial charge in [-0.3, -0.25) is 10.1 Å². The monoisotopic (exact) mass is 484 g/mol. The van der Waals surface area contributed by atoms with Gasteiger partial charge in [-0.1, -0.05) is 40.9 Å². The van der Waals surface area contributed by atoms with Crippen molar-refractivity contribution in [2.24, 2.45) is 0 Å². The minimum Gasteiger partial charge on any atom is -0.331 e. The van der Waals surface area contributed by atoms with Crippen molar-refractivity contribution in [1.82, 2.24) is 5.32 Å². The minimum absolute atomic E-state index is 0.115. The van der Waals surface area contributed by atoms with Gasteiger partial charge in [0.1, 0.15) is 0 Å². The molecule has 0 aliphatic carbocycles. The summed E-state index contributed by atoms with van der Waals surface area (Å²) in [6, 6.07) is 10.2. The number of hydrogen-bond acceptors (Lipinski definition) is 2. The summed E-state index contributed by atoms with van der Waals surface area (Å²) in [7, 11) is 0. The fourth-order valence-electron chi connectivity index (χ4n) is 1.58. The van der Waals surface area contributed by atoms with Crippen LogP contribution in [0.4, 0.5) is 5.69 Å². The highest BCUT2D eigenvalue weighted by molar-refractivity contribution is 14.1. The molecule has 3 nitrogen and oxygen atoms in total. The number of carbonyl (C=O) groups is 1. The van der Waals surface area contributed by atoms with E-state index >= 15 is 0 Å². The van der Waals surface area contributed by atoms with Gasteiger partial charge in [-0.15, -0.1) is 0 Å². The van der Waals surface area contributed by atoms with Crippen LogP contribution in [0.25, 0.3) is 0 Å². The summed E-state index contributed by atoms with van der Waals surface area (Å²) in [4.78, 5) is 12.1. The second kappa shape index (κ2) is 7.79. The SMILES string of the molecule is O=C(NC(=S)Nc1cc(Cl)c(Cl)cc1Cl)c1cccc(I)c1. The molecule has 0 heterocycles. The van der Waals surface area contributed by atoms with Crippen LogP contribution in [0.5, 0.6) is 0 Å². The third kappa shape index (κ3) is 4.70. The van der Waals surface area contributed by atoms with Crippen molar-refractivity contribution in [1.29, 1.82) is 0 Å². The smallest absolute Gasteiger partial charge is 0.257 e. The number of anilines is 1. The van der Waals surface area contributed by atoms with Crippen LogP contribution in [0.2, 0.25) is 15.1 Å². The van der Waals surface area contributed by atoms with E-state index < -0.39 is 0 Å². The Morgan fingerprint density at radius 2 is 1.73 bits per heavy atom. The van der Waals surface area contributed by atoms with Crippen LogP contribution in [0.1, 0.15) is 10.4 Å². The van der Waals surface area contributed by atoms with Gasteiger partial charge in [0.15, 0.2) is 5.11 Å². The third-order valence-electron chi connectivity index (χ3n) is 2.57. The molecule has 2 N–H and O–H groups in total. The molecule has 0 unspecified atom stereocenters. The largest absolute Gasteiger partial charge is 0.331 e. The maximum atomic E-state index is 12.1. The molecule has 8 heteroatoms. The van der Waals surface area contributed by atoms with Crippen molar-refractivity contribution in [3.63, 3.8) is 0 Å². The Morgan fingerprint density at radius 3 is 2.41 bits per heavy atom. The summed E-state index contributed by atoms with van der Waals surface area (Å²) in [5, 5.41) is 6.53. The molecule has 0 saturated carbocycles. The van der Waals surface area contributed by atoms with E-state index in [-0.39, 0.29) is 11.0 Å². The predicted molar refractivity (Wildman–Crippen MR) is 104 cm³/mol. The van der Waals surface area contributed by atoms with Gasteiger partial charge in [0.2, 0.25) is 0 Å². The van der Waals surface area contributed by atoms with E-state index in [1.165, 1.54) is 12.1 Å². The van der Waals surface area contributed by atoms with E-state index in [1.807, 2.05) is 6.07 Å². The van der Waals surface area contributed by atoms with Crippen LogP contribution in [0.3, 0.4) is 0 Å². The number of hydrogen-bond donors (Lipinski definition) is 2. The van der Waals surface area contributed by atoms with E-state index in [0.717, 1.165) is 3.57 Å². The van der Waals surface area contributed by atoms with Gasteiger partial charge in [0.05, 0.1) is 20.8 Å². The van der Waals surface area contributed by atoms with E-state index in [4.69, 9.17) is 47.0 Å². The highest BCUT2D eigenvalue weighted by atomic mass is 127. The van der Waals surface area contributed by atoms with Gasteiger partial charge in [-0.05, 0) is 65.1 Å². The van der Waals surface area contributed by atoms with Crippen LogP contribution in [-0.4, -0.2) is 11.0 Å². The van der Waals surface area contributed by atoms with Gasteiger partial charge in [0.25, 0.3) is 5.91 Å². The summed E-state index contributed by atoms with van der Waals surface area (Å²) in [5.41, 5.74) is 0.972. The summed E-state index contributed by atoms with van der Waals surface area (Å²) in [6.07, 6.45) is 0. The Kier molecular flexibility index (Phi) is 6.28. The van der Waals surface area contributed by atoms with E-state index in [1.54, 1.807) is 18.2 Å². The quantitative estimate of drug-likeness (QED) is 0.341. The lowest BCUT2D eigenvalue weighted by Gasteiger charge is -2.12. The molecule has 0 spiro atoms. The average molecular weight is 486 g/mol. The van der Waals surface area contributed by atoms with Crippen molar-refractivity contribution < 1.29 is 4.79 Å². The Hall–Kier alpha value is -0.600. The lowest BCUT2D eigenvalue weighted by atomic mass is 10.2. The molecule has 2 rings (SSSR count). The maximum Gasteiger partial charge on any atom is 0.257 e. The number of rotatable bonds is 2. The number of halogens is 4. The lowest BCUT2D eigenvalue weighted by Crippen LogP contribution is -2.34. The van der Waals surface area contributed by atoms with Crippen molar-refractivity contribution in [3.8, 4) is 0 Å². The number of carbonyl (C=O) groups excluding carboxylic acids is 1. The Morgan fingerprint density at radius 1 is 1.05 bits per heavy atom. The van der Waals surface area contributed by atoms with E-state index in [0.29, 0.717) is 26.3 Å². The van der Waals surface area contributed by atoms with Crippen LogP contribution in [0, 0.1) is 3.57 Å². The predicted octanol–water partition coefficient (Wildman–Crippen LogP) is 5.38. The highest BCUT2D eigenvalue weighted by Gasteiger charge is 2.11. The number of thiocarbonyl (C=S) groups is 1. The first-order valence-corrected chi connectivity index (χ1v) is 8.51. The zero-order chi connectivity index (χ0) is 16.3. The molecule has 22 heavy (non-hydrogen) atoms. The second-order valence-corrected chi connectivity index (χ2v) is 7.04. The molecule has 0 fully saturated rings. The molecule has 1 amide bonds. The lowest BCUT2D eigenvalue weighted by molar-refractivity contribution is 0.0977. The zero-order valence-electron chi connectivity index (χ0n) is 10.8. The Bertz CT molecular complexity index is 755. The first kappa shape index (κ1) is 17.7. The zero-order valence-corrected chi connectivity index (χ0v) is 16.0. The van der Waals surface area contributed by atoms with Crippen LogP contribution < -0.4 is 10.6 Å². The van der Waals surface area contributed by atoms with Crippen molar-refractivity contribution in [2.45, 2.75) is 0 Å². The van der Waals surface area contributed by atoms with Gasteiger partial charge < -0.3 is 5.32 Å². The minimum atomic E-state index is -0.313. The average Bonchev–Trinajstić information content (AvgIpc) is 2.44. The summed E-state index contributed by atoms with van der Waals surface area (Å²) < 4.78 is 0.955. The standard InChI is InChI=1S/C14H8Cl3IN2OS/c15-9-5-11(17)12(6-10(9)16)19-14(22)20-13(21)7-2-1-3-8(18)4-7/h1-6H,(H2,19,20,21,22). The van der Waals surface area contributed by atoms with Gasteiger partial charge in [0, 0.05) is 9.13 Å². The van der Waals surface area contributed by atoms with Crippen LogP contribution in [-0.2, 0) is 0 Å².